The molecule has 1 amide bonds. The fourth-order valence-corrected chi connectivity index (χ4v) is 4.75. The Morgan fingerprint density at radius 1 is 1.36 bits per heavy atom. The number of hydrogen-bond acceptors (Lipinski definition) is 4. The number of nitrogens with zero attached hydrogens (tertiary/aromatic N) is 1. The summed E-state index contributed by atoms with van der Waals surface area (Å²) in [5.41, 5.74) is 3.32. The van der Waals surface area contributed by atoms with Crippen molar-refractivity contribution in [3.8, 4) is 5.75 Å². The monoisotopic (exact) mass is 356 g/mol. The molecule has 0 spiro atoms. The summed E-state index contributed by atoms with van der Waals surface area (Å²) in [5.74, 6) is 1.46. The van der Waals surface area contributed by atoms with Crippen molar-refractivity contribution in [2.24, 2.45) is 5.92 Å². The normalized spacial score (nSPS) is 20.2. The summed E-state index contributed by atoms with van der Waals surface area (Å²) >= 11 is 1.86. The van der Waals surface area contributed by atoms with Gasteiger partial charge < -0.3 is 10.1 Å². The first kappa shape index (κ1) is 16.6. The third-order valence-electron chi connectivity index (χ3n) is 5.16. The number of fused-ring (bicyclic) bond motifs is 1. The van der Waals surface area contributed by atoms with Crippen molar-refractivity contribution in [3.05, 3.63) is 45.6 Å². The Hall–Kier alpha value is -1.85. The zero-order chi connectivity index (χ0) is 17.4. The number of methoxy groups -OCH3 is 1. The van der Waals surface area contributed by atoms with Crippen LogP contribution in [0.1, 0.15) is 34.9 Å². The average Bonchev–Trinajstić information content (AvgIpc) is 3.31. The van der Waals surface area contributed by atoms with Crippen molar-refractivity contribution in [1.29, 1.82) is 0 Å². The molecule has 0 radical (unpaired) electrons. The maximum Gasteiger partial charge on any atom is 0.238 e. The Labute approximate surface area is 152 Å². The van der Waals surface area contributed by atoms with Crippen LogP contribution in [0.2, 0.25) is 0 Å². The minimum absolute atomic E-state index is 0.0354. The molecule has 1 aromatic heterocycles. The Bertz CT molecular complexity index is 782. The molecule has 1 aliphatic carbocycles. The van der Waals surface area contributed by atoms with E-state index in [0.29, 0.717) is 18.3 Å². The van der Waals surface area contributed by atoms with Crippen LogP contribution in [0, 0.1) is 12.8 Å². The van der Waals surface area contributed by atoms with Gasteiger partial charge in [-0.2, -0.15) is 0 Å². The zero-order valence-electron chi connectivity index (χ0n) is 14.7. The van der Waals surface area contributed by atoms with E-state index in [4.69, 9.17) is 4.74 Å². The third-order valence-corrected chi connectivity index (χ3v) is 6.16. The summed E-state index contributed by atoms with van der Waals surface area (Å²) in [6.45, 7) is 3.42. The predicted molar refractivity (Wildman–Crippen MR) is 101 cm³/mol. The molecule has 0 saturated heterocycles. The number of thiophene rings is 1. The first-order valence-electron chi connectivity index (χ1n) is 8.90. The molecule has 0 bridgehead atoms. The molecule has 1 aliphatic heterocycles. The van der Waals surface area contributed by atoms with E-state index in [0.717, 1.165) is 30.1 Å². The van der Waals surface area contributed by atoms with Gasteiger partial charge >= 0.3 is 0 Å². The van der Waals surface area contributed by atoms with Gasteiger partial charge in [0.1, 0.15) is 5.75 Å². The molecule has 25 heavy (non-hydrogen) atoms. The van der Waals surface area contributed by atoms with Gasteiger partial charge in [0.2, 0.25) is 5.91 Å². The maximum absolute atomic E-state index is 12.7. The van der Waals surface area contributed by atoms with Crippen molar-refractivity contribution in [2.45, 2.75) is 32.2 Å². The number of ether oxygens (including phenoxy) is 1. The Balaban J connectivity index is 1.48. The molecule has 4 rings (SSSR count). The van der Waals surface area contributed by atoms with E-state index in [-0.39, 0.29) is 5.91 Å². The van der Waals surface area contributed by atoms with E-state index in [1.807, 2.05) is 36.5 Å². The van der Waals surface area contributed by atoms with E-state index < -0.39 is 0 Å². The van der Waals surface area contributed by atoms with E-state index in [2.05, 4.69) is 21.7 Å². The summed E-state index contributed by atoms with van der Waals surface area (Å²) < 4.78 is 5.37. The Morgan fingerprint density at radius 2 is 2.20 bits per heavy atom. The van der Waals surface area contributed by atoms with Gasteiger partial charge in [-0.3, -0.25) is 9.69 Å². The smallest absolute Gasteiger partial charge is 0.238 e. The van der Waals surface area contributed by atoms with Crippen LogP contribution < -0.4 is 10.1 Å². The number of amides is 1. The highest BCUT2D eigenvalue weighted by Crippen LogP contribution is 2.48. The first-order valence-corrected chi connectivity index (χ1v) is 9.78. The van der Waals surface area contributed by atoms with Gasteiger partial charge in [-0.1, -0.05) is 6.07 Å². The summed E-state index contributed by atoms with van der Waals surface area (Å²) in [6.07, 6.45) is 3.62. The number of carbonyl (C=O) groups is 1. The first-order chi connectivity index (χ1) is 12.2. The molecule has 4 nitrogen and oxygen atoms in total. The van der Waals surface area contributed by atoms with Gasteiger partial charge in [-0.25, -0.2) is 0 Å². The number of anilines is 1. The van der Waals surface area contributed by atoms with Crippen LogP contribution in [-0.2, 0) is 11.2 Å². The van der Waals surface area contributed by atoms with E-state index in [1.165, 1.54) is 23.3 Å². The highest BCUT2D eigenvalue weighted by Gasteiger charge is 2.40. The lowest BCUT2D eigenvalue weighted by molar-refractivity contribution is -0.118. The van der Waals surface area contributed by atoms with Gasteiger partial charge in [0, 0.05) is 17.5 Å². The molecule has 0 unspecified atom stereocenters. The second-order valence-electron chi connectivity index (χ2n) is 7.05. The largest absolute Gasteiger partial charge is 0.495 e. The van der Waals surface area contributed by atoms with Gasteiger partial charge in [-0.15, -0.1) is 11.3 Å². The molecular formula is C20H24N2O2S. The second-order valence-corrected chi connectivity index (χ2v) is 8.05. The van der Waals surface area contributed by atoms with Crippen LogP contribution in [0.25, 0.3) is 0 Å². The van der Waals surface area contributed by atoms with Crippen LogP contribution in [-0.4, -0.2) is 31.0 Å². The fourth-order valence-electron chi connectivity index (χ4n) is 3.83. The maximum atomic E-state index is 12.7. The standard InChI is InChI=1S/C20H24N2O2S/c1-13-3-6-17(24-2)16(11-13)21-19(23)12-22-9-7-18-15(8-10-25-18)20(22)14-4-5-14/h3,6,8,10-11,14,20H,4-5,7,9,12H2,1-2H3,(H,21,23)/t20-/m1/s1. The quantitative estimate of drug-likeness (QED) is 0.880. The summed E-state index contributed by atoms with van der Waals surface area (Å²) in [6, 6.07) is 8.52. The molecule has 1 atom stereocenters. The summed E-state index contributed by atoms with van der Waals surface area (Å²) in [5, 5.41) is 5.24. The topological polar surface area (TPSA) is 41.6 Å². The molecule has 1 fully saturated rings. The zero-order valence-corrected chi connectivity index (χ0v) is 15.6. The van der Waals surface area contributed by atoms with Crippen LogP contribution in [0.15, 0.2) is 29.6 Å². The number of benzene rings is 1. The molecule has 1 N–H and O–H groups in total. The molecule has 5 heteroatoms. The number of hydrogen-bond donors (Lipinski definition) is 1. The number of nitrogens with one attached hydrogen (secondary N) is 1. The Morgan fingerprint density at radius 3 is 2.96 bits per heavy atom. The summed E-state index contributed by atoms with van der Waals surface area (Å²) in [7, 11) is 1.63. The second kappa shape index (κ2) is 6.81. The van der Waals surface area contributed by atoms with Gasteiger partial charge in [0.25, 0.3) is 0 Å². The highest BCUT2D eigenvalue weighted by atomic mass is 32.1. The fraction of sp³-hybridized carbons (Fsp3) is 0.450. The lowest BCUT2D eigenvalue weighted by Crippen LogP contribution is -2.41. The van der Waals surface area contributed by atoms with Crippen LogP contribution in [0.3, 0.4) is 0 Å². The van der Waals surface area contributed by atoms with Crippen molar-refractivity contribution < 1.29 is 9.53 Å². The highest BCUT2D eigenvalue weighted by molar-refractivity contribution is 7.10. The van der Waals surface area contributed by atoms with Crippen molar-refractivity contribution >= 4 is 22.9 Å². The molecular weight excluding hydrogens is 332 g/mol. The summed E-state index contributed by atoms with van der Waals surface area (Å²) in [4.78, 5) is 16.6. The predicted octanol–water partition coefficient (Wildman–Crippen LogP) is 4.01. The number of rotatable bonds is 5. The van der Waals surface area contributed by atoms with Crippen LogP contribution in [0.5, 0.6) is 5.75 Å². The molecule has 2 aliphatic rings. The molecule has 1 saturated carbocycles. The average molecular weight is 356 g/mol. The molecule has 1 aromatic carbocycles. The van der Waals surface area contributed by atoms with E-state index in [1.54, 1.807) is 7.11 Å². The van der Waals surface area contributed by atoms with Crippen LogP contribution >= 0.6 is 11.3 Å². The van der Waals surface area contributed by atoms with Gasteiger partial charge in [0.05, 0.1) is 19.3 Å². The minimum atomic E-state index is 0.0354. The SMILES string of the molecule is COc1ccc(C)cc1NC(=O)CN1CCc2sccc2[C@H]1C1CC1. The number of carbonyl (C=O) groups excluding carboxylic acids is 1. The van der Waals surface area contributed by atoms with E-state index in [9.17, 15) is 4.79 Å². The van der Waals surface area contributed by atoms with Crippen molar-refractivity contribution in [2.75, 3.05) is 25.5 Å². The lowest BCUT2D eigenvalue weighted by atomic mass is 9.96. The van der Waals surface area contributed by atoms with Crippen LogP contribution in [0.4, 0.5) is 5.69 Å². The molecule has 2 heterocycles. The van der Waals surface area contributed by atoms with Crippen molar-refractivity contribution in [3.63, 3.8) is 0 Å². The third kappa shape index (κ3) is 3.44. The molecule has 132 valence electrons. The molecule has 2 aromatic rings. The number of aryl methyl sites for hydroxylation is 1. The minimum Gasteiger partial charge on any atom is -0.495 e. The van der Waals surface area contributed by atoms with E-state index >= 15 is 0 Å². The Kier molecular flexibility index (Phi) is 4.52. The van der Waals surface area contributed by atoms with Crippen molar-refractivity contribution in [1.82, 2.24) is 4.90 Å². The van der Waals surface area contributed by atoms with Gasteiger partial charge in [0.15, 0.2) is 0 Å². The van der Waals surface area contributed by atoms with Gasteiger partial charge in [-0.05, 0) is 66.8 Å². The lowest BCUT2D eigenvalue weighted by Gasteiger charge is -2.35.